The number of carbonyl (C=O) groups is 2. The van der Waals surface area contributed by atoms with Gasteiger partial charge in [-0.05, 0) is 24.6 Å². The van der Waals surface area contributed by atoms with Crippen LogP contribution in [0.4, 0.5) is 10.1 Å². The molecule has 0 atom stereocenters. The Hall–Kier alpha value is -1.91. The summed E-state index contributed by atoms with van der Waals surface area (Å²) in [5.74, 6) is -2.31. The van der Waals surface area contributed by atoms with Gasteiger partial charge in [-0.3, -0.25) is 4.79 Å². The van der Waals surface area contributed by atoms with Gasteiger partial charge in [-0.15, -0.1) is 0 Å². The molecule has 0 saturated heterocycles. The number of rotatable bonds is 2. The standard InChI is InChI=1S/C10H10FNO3/c1-5-3-7(11)4-8(10(14)15)9(5)12-6(2)13/h3-4H,1-2H3,(H,12,13)(H,14,15). The predicted molar refractivity (Wildman–Crippen MR) is 52.4 cm³/mol. The number of nitrogens with one attached hydrogen (secondary N) is 1. The van der Waals surface area contributed by atoms with Gasteiger partial charge in [0.15, 0.2) is 0 Å². The monoisotopic (exact) mass is 211 g/mol. The zero-order chi connectivity index (χ0) is 11.6. The summed E-state index contributed by atoms with van der Waals surface area (Å²) in [7, 11) is 0. The number of carboxylic acids is 1. The number of amides is 1. The van der Waals surface area contributed by atoms with E-state index in [1.54, 1.807) is 0 Å². The Balaban J connectivity index is 3.33. The minimum absolute atomic E-state index is 0.136. The molecule has 0 aliphatic heterocycles. The van der Waals surface area contributed by atoms with Crippen LogP contribution in [-0.4, -0.2) is 17.0 Å². The summed E-state index contributed by atoms with van der Waals surface area (Å²) in [4.78, 5) is 21.6. The lowest BCUT2D eigenvalue weighted by Crippen LogP contribution is -2.12. The Bertz CT molecular complexity index is 429. The highest BCUT2D eigenvalue weighted by Gasteiger charge is 2.15. The minimum atomic E-state index is -1.28. The predicted octanol–water partition coefficient (Wildman–Crippen LogP) is 1.79. The molecule has 0 unspecified atom stereocenters. The maximum absolute atomic E-state index is 12.9. The first-order valence-corrected chi connectivity index (χ1v) is 4.23. The van der Waals surface area contributed by atoms with Crippen molar-refractivity contribution in [2.45, 2.75) is 13.8 Å². The third-order valence-electron chi connectivity index (χ3n) is 1.83. The Morgan fingerprint density at radius 3 is 2.47 bits per heavy atom. The molecule has 2 N–H and O–H groups in total. The molecule has 1 rings (SSSR count). The summed E-state index contributed by atoms with van der Waals surface area (Å²) in [6.07, 6.45) is 0. The zero-order valence-corrected chi connectivity index (χ0v) is 8.30. The summed E-state index contributed by atoms with van der Waals surface area (Å²) in [5.41, 5.74) is 0.265. The van der Waals surface area contributed by atoms with Crippen LogP contribution in [0.15, 0.2) is 12.1 Å². The van der Waals surface area contributed by atoms with E-state index in [4.69, 9.17) is 5.11 Å². The van der Waals surface area contributed by atoms with E-state index >= 15 is 0 Å². The minimum Gasteiger partial charge on any atom is -0.478 e. The van der Waals surface area contributed by atoms with E-state index in [0.29, 0.717) is 5.56 Å². The molecule has 0 aliphatic carbocycles. The topological polar surface area (TPSA) is 66.4 Å². The molecular weight excluding hydrogens is 201 g/mol. The second-order valence-electron chi connectivity index (χ2n) is 3.13. The fraction of sp³-hybridized carbons (Fsp3) is 0.200. The van der Waals surface area contributed by atoms with E-state index in [2.05, 4.69) is 5.32 Å². The first-order valence-electron chi connectivity index (χ1n) is 4.23. The first-order chi connectivity index (χ1) is 6.91. The van der Waals surface area contributed by atoms with E-state index in [1.165, 1.54) is 13.8 Å². The molecule has 80 valence electrons. The van der Waals surface area contributed by atoms with Gasteiger partial charge in [0.25, 0.3) is 0 Å². The van der Waals surface area contributed by atoms with Crippen molar-refractivity contribution in [3.63, 3.8) is 0 Å². The number of anilines is 1. The highest BCUT2D eigenvalue weighted by atomic mass is 19.1. The van der Waals surface area contributed by atoms with Crippen molar-refractivity contribution in [3.05, 3.63) is 29.1 Å². The Labute approximate surface area is 85.7 Å². The van der Waals surface area contributed by atoms with Crippen LogP contribution in [0.25, 0.3) is 0 Å². The molecule has 1 aromatic carbocycles. The van der Waals surface area contributed by atoms with Crippen LogP contribution < -0.4 is 5.32 Å². The molecule has 1 amide bonds. The fourth-order valence-corrected chi connectivity index (χ4v) is 1.25. The number of carboxylic acid groups (broad SMARTS) is 1. The van der Waals surface area contributed by atoms with Gasteiger partial charge in [0, 0.05) is 6.92 Å². The number of hydrogen-bond acceptors (Lipinski definition) is 2. The van der Waals surface area contributed by atoms with Crippen LogP contribution in [-0.2, 0) is 4.79 Å². The number of hydrogen-bond donors (Lipinski definition) is 2. The maximum atomic E-state index is 12.9. The summed E-state index contributed by atoms with van der Waals surface area (Å²) in [6.45, 7) is 2.79. The average molecular weight is 211 g/mol. The molecule has 0 heterocycles. The van der Waals surface area contributed by atoms with Gasteiger partial charge in [0.1, 0.15) is 5.82 Å². The van der Waals surface area contributed by atoms with Crippen molar-refractivity contribution >= 4 is 17.6 Å². The maximum Gasteiger partial charge on any atom is 0.337 e. The summed E-state index contributed by atoms with van der Waals surface area (Å²) in [6, 6.07) is 2.04. The Kier molecular flexibility index (Phi) is 3.04. The Morgan fingerprint density at radius 2 is 2.00 bits per heavy atom. The SMILES string of the molecule is CC(=O)Nc1c(C)cc(F)cc1C(=O)O. The van der Waals surface area contributed by atoms with Crippen molar-refractivity contribution in [2.24, 2.45) is 0 Å². The van der Waals surface area contributed by atoms with Crippen molar-refractivity contribution in [1.29, 1.82) is 0 Å². The summed E-state index contributed by atoms with van der Waals surface area (Å²) in [5, 5.41) is 11.2. The molecule has 0 spiro atoms. The number of halogens is 1. The van der Waals surface area contributed by atoms with Crippen LogP contribution in [0.1, 0.15) is 22.8 Å². The summed E-state index contributed by atoms with van der Waals surface area (Å²) >= 11 is 0. The Morgan fingerprint density at radius 1 is 1.40 bits per heavy atom. The van der Waals surface area contributed by atoms with Crippen molar-refractivity contribution in [2.75, 3.05) is 5.32 Å². The van der Waals surface area contributed by atoms with Gasteiger partial charge >= 0.3 is 5.97 Å². The molecule has 0 aromatic heterocycles. The van der Waals surface area contributed by atoms with Crippen LogP contribution in [0.2, 0.25) is 0 Å². The van der Waals surface area contributed by atoms with Crippen LogP contribution >= 0.6 is 0 Å². The number of benzene rings is 1. The van der Waals surface area contributed by atoms with Crippen LogP contribution in [0.5, 0.6) is 0 Å². The summed E-state index contributed by atoms with van der Waals surface area (Å²) < 4.78 is 12.9. The molecule has 0 fully saturated rings. The van der Waals surface area contributed by atoms with Crippen molar-refractivity contribution in [1.82, 2.24) is 0 Å². The third kappa shape index (κ3) is 2.52. The van der Waals surface area contributed by atoms with Gasteiger partial charge < -0.3 is 10.4 Å². The van der Waals surface area contributed by atoms with Crippen molar-refractivity contribution in [3.8, 4) is 0 Å². The second kappa shape index (κ2) is 4.08. The van der Waals surface area contributed by atoms with E-state index in [-0.39, 0.29) is 11.3 Å². The molecule has 15 heavy (non-hydrogen) atoms. The van der Waals surface area contributed by atoms with Gasteiger partial charge in [-0.2, -0.15) is 0 Å². The van der Waals surface area contributed by atoms with E-state index in [0.717, 1.165) is 12.1 Å². The van der Waals surface area contributed by atoms with Gasteiger partial charge in [-0.25, -0.2) is 9.18 Å². The molecule has 1 aromatic rings. The second-order valence-corrected chi connectivity index (χ2v) is 3.13. The molecule has 0 radical (unpaired) electrons. The lowest BCUT2D eigenvalue weighted by Gasteiger charge is -2.10. The number of aromatic carboxylic acids is 1. The highest BCUT2D eigenvalue weighted by molar-refractivity contribution is 6.00. The number of carbonyl (C=O) groups excluding carboxylic acids is 1. The third-order valence-corrected chi connectivity index (χ3v) is 1.83. The smallest absolute Gasteiger partial charge is 0.337 e. The molecule has 5 heteroatoms. The fourth-order valence-electron chi connectivity index (χ4n) is 1.25. The van der Waals surface area contributed by atoms with Gasteiger partial charge in [0.05, 0.1) is 11.3 Å². The lowest BCUT2D eigenvalue weighted by atomic mass is 10.1. The van der Waals surface area contributed by atoms with E-state index < -0.39 is 17.7 Å². The van der Waals surface area contributed by atoms with Crippen molar-refractivity contribution < 1.29 is 19.1 Å². The molecule has 0 saturated carbocycles. The molecule has 0 aliphatic rings. The van der Waals surface area contributed by atoms with E-state index in [9.17, 15) is 14.0 Å². The largest absolute Gasteiger partial charge is 0.478 e. The van der Waals surface area contributed by atoms with E-state index in [1.807, 2.05) is 0 Å². The van der Waals surface area contributed by atoms with Gasteiger partial charge in [-0.1, -0.05) is 0 Å². The molecular formula is C10H10FNO3. The molecule has 4 nitrogen and oxygen atoms in total. The quantitative estimate of drug-likeness (QED) is 0.783. The number of aryl methyl sites for hydroxylation is 1. The highest BCUT2D eigenvalue weighted by Crippen LogP contribution is 2.22. The average Bonchev–Trinajstić information content (AvgIpc) is 2.08. The lowest BCUT2D eigenvalue weighted by molar-refractivity contribution is -0.114. The van der Waals surface area contributed by atoms with Crippen LogP contribution in [0.3, 0.4) is 0 Å². The zero-order valence-electron chi connectivity index (χ0n) is 8.30. The van der Waals surface area contributed by atoms with Gasteiger partial charge in [0.2, 0.25) is 5.91 Å². The van der Waals surface area contributed by atoms with Crippen LogP contribution in [0, 0.1) is 12.7 Å². The normalized spacial score (nSPS) is 9.80. The molecule has 0 bridgehead atoms. The first kappa shape index (κ1) is 11.2.